The van der Waals surface area contributed by atoms with E-state index in [9.17, 15) is 14.0 Å². The number of benzene rings is 1. The van der Waals surface area contributed by atoms with Crippen LogP contribution in [0.4, 0.5) is 4.39 Å². The highest BCUT2D eigenvalue weighted by molar-refractivity contribution is 6.42. The lowest BCUT2D eigenvalue weighted by Crippen LogP contribution is -2.52. The minimum atomic E-state index is -0.742. The number of nitrogens with zero attached hydrogens (tertiary/aromatic N) is 3. The molecule has 3 rings (SSSR count). The summed E-state index contributed by atoms with van der Waals surface area (Å²) in [6.07, 6.45) is 3.67. The van der Waals surface area contributed by atoms with Gasteiger partial charge in [0.05, 0.1) is 16.2 Å². The van der Waals surface area contributed by atoms with Crippen molar-refractivity contribution in [2.45, 2.75) is 38.5 Å². The normalized spacial score (nSPS) is 20.9. The molecule has 2 saturated heterocycles. The molecule has 0 spiro atoms. The third-order valence-corrected chi connectivity index (χ3v) is 6.38. The smallest absolute Gasteiger partial charge is 0.246 e. The van der Waals surface area contributed by atoms with Gasteiger partial charge < -0.3 is 9.80 Å². The predicted octanol–water partition coefficient (Wildman–Crippen LogP) is 3.85. The van der Waals surface area contributed by atoms with Gasteiger partial charge in [-0.2, -0.15) is 0 Å². The molecule has 158 valence electrons. The summed E-state index contributed by atoms with van der Waals surface area (Å²) in [4.78, 5) is 30.9. The Kier molecular flexibility index (Phi) is 7.55. The van der Waals surface area contributed by atoms with Gasteiger partial charge in [0.1, 0.15) is 6.17 Å². The molecule has 1 aromatic rings. The largest absolute Gasteiger partial charge is 0.337 e. The molecule has 1 aromatic carbocycles. The zero-order chi connectivity index (χ0) is 21.0. The van der Waals surface area contributed by atoms with Crippen LogP contribution < -0.4 is 0 Å². The third kappa shape index (κ3) is 5.71. The van der Waals surface area contributed by atoms with Gasteiger partial charge in [-0.05, 0) is 43.5 Å². The minimum Gasteiger partial charge on any atom is -0.337 e. The molecule has 29 heavy (non-hydrogen) atoms. The highest BCUT2D eigenvalue weighted by Gasteiger charge is 2.31. The van der Waals surface area contributed by atoms with Gasteiger partial charge in [0.2, 0.25) is 11.8 Å². The van der Waals surface area contributed by atoms with Crippen molar-refractivity contribution in [2.24, 2.45) is 0 Å². The lowest BCUT2D eigenvalue weighted by Gasteiger charge is -2.39. The lowest BCUT2D eigenvalue weighted by atomic mass is 10.1. The van der Waals surface area contributed by atoms with Crippen molar-refractivity contribution in [1.29, 1.82) is 0 Å². The summed E-state index contributed by atoms with van der Waals surface area (Å²) in [6.45, 7) is 4.63. The molecule has 8 heteroatoms. The molecule has 2 fully saturated rings. The van der Waals surface area contributed by atoms with Crippen LogP contribution in [0, 0.1) is 0 Å². The Labute approximate surface area is 181 Å². The van der Waals surface area contributed by atoms with E-state index >= 15 is 0 Å². The summed E-state index contributed by atoms with van der Waals surface area (Å²) in [5, 5.41) is 0.897. The Morgan fingerprint density at radius 2 is 1.86 bits per heavy atom. The van der Waals surface area contributed by atoms with Crippen molar-refractivity contribution < 1.29 is 14.0 Å². The number of hydrogen-bond donors (Lipinski definition) is 0. The van der Waals surface area contributed by atoms with Gasteiger partial charge in [-0.1, -0.05) is 29.3 Å². The Balaban J connectivity index is 1.59. The molecule has 0 aromatic heterocycles. The van der Waals surface area contributed by atoms with E-state index in [1.807, 2.05) is 11.8 Å². The second-order valence-corrected chi connectivity index (χ2v) is 8.33. The highest BCUT2D eigenvalue weighted by Crippen LogP contribution is 2.23. The molecule has 0 aliphatic carbocycles. The van der Waals surface area contributed by atoms with Gasteiger partial charge in [-0.3, -0.25) is 14.5 Å². The standard InChI is InChI=1S/C21H26Cl2FN3O2/c1-15(25-9-6-17(24)7-10-25)27-13-12-26(11-8-21(27)29)20(28)5-3-16-2-4-18(22)19(23)14-16/h2-5,14-15,17H,6-13H2,1H3/b5-3+. The van der Waals surface area contributed by atoms with Gasteiger partial charge in [0.25, 0.3) is 0 Å². The molecule has 2 heterocycles. The summed E-state index contributed by atoms with van der Waals surface area (Å²) in [7, 11) is 0. The Morgan fingerprint density at radius 1 is 1.14 bits per heavy atom. The molecular formula is C21H26Cl2FN3O2. The Morgan fingerprint density at radius 3 is 2.55 bits per heavy atom. The van der Waals surface area contributed by atoms with E-state index in [2.05, 4.69) is 4.90 Å². The number of rotatable bonds is 4. The molecule has 0 N–H and O–H groups in total. The van der Waals surface area contributed by atoms with Gasteiger partial charge >= 0.3 is 0 Å². The van der Waals surface area contributed by atoms with E-state index in [1.165, 1.54) is 6.08 Å². The van der Waals surface area contributed by atoms with E-state index in [0.29, 0.717) is 55.6 Å². The number of likely N-dealkylation sites (tertiary alicyclic amines) is 1. The fourth-order valence-electron chi connectivity index (χ4n) is 3.78. The zero-order valence-corrected chi connectivity index (χ0v) is 18.0. The van der Waals surface area contributed by atoms with Crippen LogP contribution in [0.25, 0.3) is 6.08 Å². The average molecular weight is 442 g/mol. The molecule has 1 unspecified atom stereocenters. The number of alkyl halides is 1. The van der Waals surface area contributed by atoms with Gasteiger partial charge in [-0.25, -0.2) is 4.39 Å². The zero-order valence-electron chi connectivity index (χ0n) is 16.5. The first kappa shape index (κ1) is 22.1. The van der Waals surface area contributed by atoms with Crippen LogP contribution in [0.15, 0.2) is 24.3 Å². The van der Waals surface area contributed by atoms with Gasteiger partial charge in [0.15, 0.2) is 0 Å². The lowest BCUT2D eigenvalue weighted by molar-refractivity contribution is -0.136. The fourth-order valence-corrected chi connectivity index (χ4v) is 4.09. The first-order valence-corrected chi connectivity index (χ1v) is 10.7. The molecule has 2 aliphatic rings. The van der Waals surface area contributed by atoms with Crippen LogP contribution in [0.3, 0.4) is 0 Å². The van der Waals surface area contributed by atoms with Gasteiger partial charge in [0, 0.05) is 45.2 Å². The topological polar surface area (TPSA) is 43.9 Å². The van der Waals surface area contributed by atoms with Crippen molar-refractivity contribution in [3.8, 4) is 0 Å². The summed E-state index contributed by atoms with van der Waals surface area (Å²) in [6, 6.07) is 5.17. The second-order valence-electron chi connectivity index (χ2n) is 7.51. The first-order valence-electron chi connectivity index (χ1n) is 9.95. The second kappa shape index (κ2) is 9.92. The number of halogens is 3. The van der Waals surface area contributed by atoms with Crippen LogP contribution in [-0.4, -0.2) is 71.6 Å². The molecular weight excluding hydrogens is 416 g/mol. The molecule has 0 radical (unpaired) electrons. The highest BCUT2D eigenvalue weighted by atomic mass is 35.5. The number of hydrogen-bond acceptors (Lipinski definition) is 3. The van der Waals surface area contributed by atoms with Crippen molar-refractivity contribution in [1.82, 2.24) is 14.7 Å². The van der Waals surface area contributed by atoms with Crippen LogP contribution >= 0.6 is 23.2 Å². The quantitative estimate of drug-likeness (QED) is 0.666. The average Bonchev–Trinajstić information content (AvgIpc) is 2.90. The van der Waals surface area contributed by atoms with Crippen LogP contribution in [0.2, 0.25) is 10.0 Å². The van der Waals surface area contributed by atoms with Crippen LogP contribution in [0.5, 0.6) is 0 Å². The molecule has 2 aliphatic heterocycles. The van der Waals surface area contributed by atoms with E-state index < -0.39 is 6.17 Å². The number of amides is 2. The van der Waals surface area contributed by atoms with E-state index in [0.717, 1.165) is 5.56 Å². The van der Waals surface area contributed by atoms with E-state index in [4.69, 9.17) is 23.2 Å². The number of piperidine rings is 1. The van der Waals surface area contributed by atoms with Crippen molar-refractivity contribution in [3.63, 3.8) is 0 Å². The summed E-state index contributed by atoms with van der Waals surface area (Å²) in [5.74, 6) is -0.111. The summed E-state index contributed by atoms with van der Waals surface area (Å²) < 4.78 is 13.4. The van der Waals surface area contributed by atoms with Crippen LogP contribution in [0.1, 0.15) is 31.7 Å². The van der Waals surface area contributed by atoms with Crippen molar-refractivity contribution in [2.75, 3.05) is 32.7 Å². The maximum atomic E-state index is 13.4. The molecule has 0 saturated carbocycles. The molecule has 5 nitrogen and oxygen atoms in total. The Hall–Kier alpha value is -1.63. The van der Waals surface area contributed by atoms with Crippen molar-refractivity contribution >= 4 is 41.1 Å². The monoisotopic (exact) mass is 441 g/mol. The van der Waals surface area contributed by atoms with E-state index in [1.54, 1.807) is 29.2 Å². The molecule has 0 bridgehead atoms. The summed E-state index contributed by atoms with van der Waals surface area (Å²) in [5.41, 5.74) is 0.783. The van der Waals surface area contributed by atoms with Gasteiger partial charge in [-0.15, -0.1) is 0 Å². The van der Waals surface area contributed by atoms with Crippen molar-refractivity contribution in [3.05, 3.63) is 39.9 Å². The predicted molar refractivity (Wildman–Crippen MR) is 114 cm³/mol. The summed E-state index contributed by atoms with van der Waals surface area (Å²) >= 11 is 11.9. The maximum Gasteiger partial charge on any atom is 0.246 e. The third-order valence-electron chi connectivity index (χ3n) is 5.64. The first-order chi connectivity index (χ1) is 13.8. The Bertz CT molecular complexity index is 781. The fraction of sp³-hybridized carbons (Fsp3) is 0.524. The molecule has 2 amide bonds. The maximum absolute atomic E-state index is 13.4. The SMILES string of the molecule is CC(N1CCC(F)CC1)N1CCN(C(=O)/C=C/c2ccc(Cl)c(Cl)c2)CCC1=O. The van der Waals surface area contributed by atoms with Crippen LogP contribution in [-0.2, 0) is 9.59 Å². The number of carbonyl (C=O) groups is 2. The minimum absolute atomic E-state index is 0.0311. The number of carbonyl (C=O) groups excluding carboxylic acids is 2. The van der Waals surface area contributed by atoms with E-state index in [-0.39, 0.29) is 24.4 Å². The molecule has 1 atom stereocenters.